The van der Waals surface area contributed by atoms with Crippen molar-refractivity contribution in [2.75, 3.05) is 19.8 Å². The van der Waals surface area contributed by atoms with E-state index in [0.717, 1.165) is 96.3 Å². The molecule has 0 aliphatic heterocycles. The lowest BCUT2D eigenvalue weighted by atomic mass is 10.1. The van der Waals surface area contributed by atoms with Crippen molar-refractivity contribution >= 4 is 11.9 Å². The molecule has 0 fully saturated rings. The first-order chi connectivity index (χ1) is 29.6. The maximum absolute atomic E-state index is 12.8. The molecule has 0 spiro atoms. The van der Waals surface area contributed by atoms with Crippen molar-refractivity contribution in [1.29, 1.82) is 0 Å². The Morgan fingerprint density at radius 3 is 1.27 bits per heavy atom. The lowest BCUT2D eigenvalue weighted by Crippen LogP contribution is -2.30. The third-order valence-electron chi connectivity index (χ3n) is 9.77. The van der Waals surface area contributed by atoms with Crippen molar-refractivity contribution < 1.29 is 23.8 Å². The van der Waals surface area contributed by atoms with Crippen molar-refractivity contribution in [3.63, 3.8) is 0 Å². The van der Waals surface area contributed by atoms with Crippen LogP contribution in [0.25, 0.3) is 0 Å². The van der Waals surface area contributed by atoms with Crippen LogP contribution < -0.4 is 0 Å². The number of esters is 2. The van der Waals surface area contributed by atoms with Crippen LogP contribution in [0.4, 0.5) is 0 Å². The highest BCUT2D eigenvalue weighted by Crippen LogP contribution is 2.12. The number of unbranched alkanes of at least 4 members (excludes halogenated alkanes) is 14. The molecule has 0 saturated carbocycles. The summed E-state index contributed by atoms with van der Waals surface area (Å²) in [6.07, 6.45) is 68.2. The Morgan fingerprint density at radius 1 is 0.383 bits per heavy atom. The minimum absolute atomic E-state index is 0.0322. The molecule has 0 amide bonds. The first-order valence-corrected chi connectivity index (χ1v) is 24.4. The van der Waals surface area contributed by atoms with Gasteiger partial charge in [0.2, 0.25) is 0 Å². The third-order valence-corrected chi connectivity index (χ3v) is 9.77. The van der Waals surface area contributed by atoms with Gasteiger partial charge in [0.25, 0.3) is 0 Å². The van der Waals surface area contributed by atoms with Crippen molar-refractivity contribution in [3.8, 4) is 0 Å². The lowest BCUT2D eigenvalue weighted by Gasteiger charge is -2.18. The second-order valence-corrected chi connectivity index (χ2v) is 15.6. The summed E-state index contributed by atoms with van der Waals surface area (Å²) in [6.45, 7) is 7.41. The molecule has 0 rings (SSSR count). The molecule has 0 aromatic rings. The number of hydrogen-bond donors (Lipinski definition) is 0. The molecule has 0 aliphatic carbocycles. The van der Waals surface area contributed by atoms with Crippen LogP contribution in [0.3, 0.4) is 0 Å². The molecule has 0 bridgehead atoms. The van der Waals surface area contributed by atoms with Gasteiger partial charge < -0.3 is 14.2 Å². The van der Waals surface area contributed by atoms with E-state index in [0.29, 0.717) is 25.9 Å². The normalized spacial score (nSPS) is 13.2. The highest BCUT2D eigenvalue weighted by atomic mass is 16.6. The quantitative estimate of drug-likeness (QED) is 0.0348. The smallest absolute Gasteiger partial charge is 0.306 e. The van der Waals surface area contributed by atoms with Gasteiger partial charge >= 0.3 is 11.9 Å². The molecular weight excluding hydrogens is 741 g/mol. The van der Waals surface area contributed by atoms with Crippen LogP contribution in [0.15, 0.2) is 109 Å². The molecule has 340 valence electrons. The van der Waals surface area contributed by atoms with Gasteiger partial charge in [-0.05, 0) is 103 Å². The van der Waals surface area contributed by atoms with E-state index in [-0.39, 0.29) is 25.2 Å². The molecule has 5 nitrogen and oxygen atoms in total. The fraction of sp³-hybridized carbons (Fsp3) is 0.636. The van der Waals surface area contributed by atoms with Crippen LogP contribution in [0.1, 0.15) is 201 Å². The van der Waals surface area contributed by atoms with Gasteiger partial charge in [-0.3, -0.25) is 9.59 Å². The molecule has 5 heteroatoms. The van der Waals surface area contributed by atoms with Gasteiger partial charge in [-0.2, -0.15) is 0 Å². The van der Waals surface area contributed by atoms with E-state index in [1.54, 1.807) is 0 Å². The number of hydrogen-bond acceptors (Lipinski definition) is 5. The van der Waals surface area contributed by atoms with E-state index in [1.807, 2.05) is 6.08 Å². The van der Waals surface area contributed by atoms with Crippen molar-refractivity contribution in [3.05, 3.63) is 109 Å². The zero-order valence-electron chi connectivity index (χ0n) is 38.9. The number of carbonyl (C=O) groups excluding carboxylic acids is 2. The second-order valence-electron chi connectivity index (χ2n) is 15.6. The molecular formula is C55H90O5. The molecule has 0 radical (unpaired) electrons. The van der Waals surface area contributed by atoms with E-state index in [1.165, 1.54) is 64.2 Å². The summed E-state index contributed by atoms with van der Waals surface area (Å²) in [5.74, 6) is -0.519. The highest BCUT2D eigenvalue weighted by molar-refractivity contribution is 5.70. The summed E-state index contributed by atoms with van der Waals surface area (Å²) >= 11 is 0. The zero-order valence-corrected chi connectivity index (χ0v) is 38.9. The summed E-state index contributed by atoms with van der Waals surface area (Å²) in [6, 6.07) is 0. The van der Waals surface area contributed by atoms with Crippen LogP contribution >= 0.6 is 0 Å². The predicted octanol–water partition coefficient (Wildman–Crippen LogP) is 16.4. The SMILES string of the molecule is CC/C=C\C/C=C\C/C=C\C/C=C\CCC(=O)OCC(COCCCCCCCCCC/C=C\C/C=C\C/C=C\CC)OC(=O)CCCCCCC/C=C\C/C=C\CCC. The van der Waals surface area contributed by atoms with E-state index < -0.39 is 6.10 Å². The minimum Gasteiger partial charge on any atom is -0.462 e. The maximum atomic E-state index is 12.8. The number of rotatable bonds is 43. The number of allylic oxidation sites excluding steroid dienone is 18. The van der Waals surface area contributed by atoms with E-state index >= 15 is 0 Å². The third kappa shape index (κ3) is 47.2. The van der Waals surface area contributed by atoms with Gasteiger partial charge in [0.15, 0.2) is 6.10 Å². The molecule has 0 N–H and O–H groups in total. The summed E-state index contributed by atoms with van der Waals surface area (Å²) in [7, 11) is 0. The van der Waals surface area contributed by atoms with Gasteiger partial charge in [0.1, 0.15) is 6.61 Å². The fourth-order valence-corrected chi connectivity index (χ4v) is 6.22. The number of carbonyl (C=O) groups is 2. The Kier molecular flexibility index (Phi) is 47.1. The minimum atomic E-state index is -0.582. The van der Waals surface area contributed by atoms with E-state index in [4.69, 9.17) is 14.2 Å². The summed E-state index contributed by atoms with van der Waals surface area (Å²) in [5.41, 5.74) is 0. The number of ether oxygens (including phenoxy) is 3. The van der Waals surface area contributed by atoms with Crippen LogP contribution in [0, 0.1) is 0 Å². The molecule has 0 aromatic heterocycles. The van der Waals surface area contributed by atoms with Crippen LogP contribution in [-0.4, -0.2) is 37.9 Å². The Morgan fingerprint density at radius 2 is 0.783 bits per heavy atom. The van der Waals surface area contributed by atoms with Gasteiger partial charge in [-0.1, -0.05) is 194 Å². The van der Waals surface area contributed by atoms with Crippen LogP contribution in [0.2, 0.25) is 0 Å². The van der Waals surface area contributed by atoms with Crippen LogP contribution in [-0.2, 0) is 23.8 Å². The molecule has 60 heavy (non-hydrogen) atoms. The van der Waals surface area contributed by atoms with Crippen molar-refractivity contribution in [2.24, 2.45) is 0 Å². The Bertz CT molecular complexity index is 1210. The van der Waals surface area contributed by atoms with Gasteiger partial charge in [-0.15, -0.1) is 0 Å². The monoisotopic (exact) mass is 831 g/mol. The first kappa shape index (κ1) is 56.6. The first-order valence-electron chi connectivity index (χ1n) is 24.4. The standard InChI is InChI=1S/C55H90O5/c1-4-7-10-13-16-19-22-25-26-27-28-29-32-35-38-41-44-47-50-58-51-53(60-55(57)49-46-43-40-37-34-31-24-21-18-15-12-9-6-3)52-59-54(56)48-45-42-39-36-33-30-23-20-17-14-11-8-5-2/h7-8,10-12,15-17,19-21,24-26,30,33,39,42,53H,4-6,9,13-14,18,22-23,27-29,31-32,34-38,40-41,43-52H2,1-3H3/b10-7-,11-8-,15-12-,19-16-,20-17-,24-21-,26-25-,33-30-,42-39-. The molecule has 0 heterocycles. The highest BCUT2D eigenvalue weighted by Gasteiger charge is 2.17. The van der Waals surface area contributed by atoms with Gasteiger partial charge in [0.05, 0.1) is 6.61 Å². The van der Waals surface area contributed by atoms with Gasteiger partial charge in [-0.25, -0.2) is 0 Å². The molecule has 0 saturated heterocycles. The van der Waals surface area contributed by atoms with Gasteiger partial charge in [0, 0.05) is 19.4 Å². The molecule has 0 aliphatic rings. The Balaban J connectivity index is 4.38. The van der Waals surface area contributed by atoms with Crippen molar-refractivity contribution in [1.82, 2.24) is 0 Å². The largest absolute Gasteiger partial charge is 0.462 e. The average Bonchev–Trinajstić information content (AvgIpc) is 3.25. The molecule has 1 unspecified atom stereocenters. The Labute approximate surface area is 370 Å². The molecule has 0 aromatic carbocycles. The molecule has 1 atom stereocenters. The Hall–Kier alpha value is -3.44. The maximum Gasteiger partial charge on any atom is 0.306 e. The lowest BCUT2D eigenvalue weighted by molar-refractivity contribution is -0.162. The van der Waals surface area contributed by atoms with Crippen LogP contribution in [0.5, 0.6) is 0 Å². The van der Waals surface area contributed by atoms with Crippen molar-refractivity contribution in [2.45, 2.75) is 207 Å². The predicted molar refractivity (Wildman–Crippen MR) is 260 cm³/mol. The fourth-order valence-electron chi connectivity index (χ4n) is 6.22. The summed E-state index contributed by atoms with van der Waals surface area (Å²) in [4.78, 5) is 25.3. The van der Waals surface area contributed by atoms with E-state index in [9.17, 15) is 9.59 Å². The topological polar surface area (TPSA) is 61.8 Å². The second kappa shape index (κ2) is 49.9. The summed E-state index contributed by atoms with van der Waals surface area (Å²) in [5, 5.41) is 0. The van der Waals surface area contributed by atoms with E-state index in [2.05, 4.69) is 124 Å². The summed E-state index contributed by atoms with van der Waals surface area (Å²) < 4.78 is 17.3. The average molecular weight is 831 g/mol. The zero-order chi connectivity index (χ0) is 43.5.